The molecule has 2 nitrogen and oxygen atoms in total. The van der Waals surface area contributed by atoms with Crippen LogP contribution in [0.1, 0.15) is 33.6 Å². The number of hydrogen-bond acceptors (Lipinski definition) is 2. The van der Waals surface area contributed by atoms with Crippen LogP contribution in [0.15, 0.2) is 12.2 Å². The molecule has 0 aliphatic heterocycles. The van der Waals surface area contributed by atoms with Gasteiger partial charge in [0.25, 0.3) is 0 Å². The highest BCUT2D eigenvalue weighted by molar-refractivity contribution is 5.11. The third-order valence-electron chi connectivity index (χ3n) is 4.30. The monoisotopic (exact) mass is 223 g/mol. The van der Waals surface area contributed by atoms with Crippen molar-refractivity contribution >= 4 is 0 Å². The zero-order valence-electron chi connectivity index (χ0n) is 10.7. The molecule has 0 radical (unpaired) electrons. The van der Waals surface area contributed by atoms with Crippen LogP contribution in [0.4, 0.5) is 0 Å². The van der Waals surface area contributed by atoms with E-state index < -0.39 is 0 Å². The van der Waals surface area contributed by atoms with Gasteiger partial charge < -0.3 is 10.4 Å². The number of allylic oxidation sites excluding steroid dienone is 2. The third kappa shape index (κ3) is 2.49. The van der Waals surface area contributed by atoms with Gasteiger partial charge >= 0.3 is 0 Å². The summed E-state index contributed by atoms with van der Waals surface area (Å²) in [6.07, 6.45) is 7.54. The first-order valence-corrected chi connectivity index (χ1v) is 6.54. The van der Waals surface area contributed by atoms with E-state index in [1.54, 1.807) is 0 Å². The van der Waals surface area contributed by atoms with Crippen molar-refractivity contribution < 1.29 is 5.11 Å². The largest absolute Gasteiger partial charge is 0.396 e. The Morgan fingerprint density at radius 3 is 2.62 bits per heavy atom. The van der Waals surface area contributed by atoms with Gasteiger partial charge in [0, 0.05) is 24.6 Å². The first-order chi connectivity index (χ1) is 7.52. The van der Waals surface area contributed by atoms with Gasteiger partial charge in [-0.15, -0.1) is 0 Å². The van der Waals surface area contributed by atoms with E-state index in [1.807, 2.05) is 0 Å². The zero-order chi connectivity index (χ0) is 11.8. The first-order valence-electron chi connectivity index (χ1n) is 6.54. The molecule has 0 heterocycles. The second kappa shape index (κ2) is 4.50. The maximum Gasteiger partial charge on any atom is 0.0494 e. The zero-order valence-corrected chi connectivity index (χ0v) is 10.7. The molecule has 16 heavy (non-hydrogen) atoms. The predicted octanol–water partition coefficient (Wildman–Crippen LogP) is 2.20. The van der Waals surface area contributed by atoms with Gasteiger partial charge in [-0.1, -0.05) is 26.0 Å². The molecule has 4 atom stereocenters. The Labute approximate surface area is 99.1 Å². The number of aliphatic hydroxyl groups excluding tert-OH is 1. The molecule has 0 saturated heterocycles. The second-order valence-corrected chi connectivity index (χ2v) is 6.44. The van der Waals surface area contributed by atoms with Crippen molar-refractivity contribution in [3.8, 4) is 0 Å². The van der Waals surface area contributed by atoms with Gasteiger partial charge in [-0.3, -0.25) is 0 Å². The number of fused-ring (bicyclic) bond motifs is 2. The van der Waals surface area contributed by atoms with Gasteiger partial charge in [0.05, 0.1) is 0 Å². The lowest BCUT2D eigenvalue weighted by Gasteiger charge is -2.30. The molecule has 92 valence electrons. The minimum Gasteiger partial charge on any atom is -0.396 e. The molecule has 2 aliphatic carbocycles. The Balaban J connectivity index is 1.81. The average Bonchev–Trinajstić information content (AvgIpc) is 2.87. The highest BCUT2D eigenvalue weighted by Gasteiger charge is 2.38. The summed E-state index contributed by atoms with van der Waals surface area (Å²) in [6.45, 7) is 7.67. The van der Waals surface area contributed by atoms with Crippen LogP contribution in [0.3, 0.4) is 0 Å². The molecule has 1 fully saturated rings. The van der Waals surface area contributed by atoms with Crippen molar-refractivity contribution in [2.45, 2.75) is 39.7 Å². The van der Waals surface area contributed by atoms with Crippen LogP contribution < -0.4 is 5.32 Å². The Kier molecular flexibility index (Phi) is 3.41. The minimum atomic E-state index is 0.00170. The standard InChI is InChI=1S/C14H25NO/c1-10(15-8-14(2,3)9-16)13-7-11-4-5-12(13)6-11/h4-5,10-13,15-16H,6-9H2,1-3H3. The summed E-state index contributed by atoms with van der Waals surface area (Å²) in [5.41, 5.74) is 0.00170. The van der Waals surface area contributed by atoms with Crippen molar-refractivity contribution in [3.05, 3.63) is 12.2 Å². The molecular weight excluding hydrogens is 198 g/mol. The van der Waals surface area contributed by atoms with Gasteiger partial charge in [0.1, 0.15) is 0 Å². The normalized spacial score (nSPS) is 34.6. The second-order valence-electron chi connectivity index (χ2n) is 6.44. The molecule has 2 heteroatoms. The maximum absolute atomic E-state index is 9.23. The van der Waals surface area contributed by atoms with Crippen LogP contribution >= 0.6 is 0 Å². The van der Waals surface area contributed by atoms with Gasteiger partial charge in [0.15, 0.2) is 0 Å². The third-order valence-corrected chi connectivity index (χ3v) is 4.30. The Morgan fingerprint density at radius 1 is 1.38 bits per heavy atom. The smallest absolute Gasteiger partial charge is 0.0494 e. The van der Waals surface area contributed by atoms with Crippen LogP contribution in [0.25, 0.3) is 0 Å². The Bertz CT molecular complexity index is 272. The fourth-order valence-corrected chi connectivity index (χ4v) is 3.04. The summed E-state index contributed by atoms with van der Waals surface area (Å²) in [4.78, 5) is 0. The van der Waals surface area contributed by atoms with E-state index in [0.29, 0.717) is 6.04 Å². The van der Waals surface area contributed by atoms with E-state index in [9.17, 15) is 5.11 Å². The lowest BCUT2D eigenvalue weighted by Crippen LogP contribution is -2.42. The van der Waals surface area contributed by atoms with Crippen molar-refractivity contribution in [2.75, 3.05) is 13.2 Å². The summed E-state index contributed by atoms with van der Waals surface area (Å²) in [5, 5.41) is 12.8. The molecule has 0 aromatic carbocycles. The number of nitrogens with one attached hydrogen (secondary N) is 1. The van der Waals surface area contributed by atoms with Crippen molar-refractivity contribution in [1.29, 1.82) is 0 Å². The van der Waals surface area contributed by atoms with E-state index in [0.717, 1.165) is 24.3 Å². The molecule has 4 unspecified atom stereocenters. The fraction of sp³-hybridized carbons (Fsp3) is 0.857. The predicted molar refractivity (Wildman–Crippen MR) is 67.2 cm³/mol. The highest BCUT2D eigenvalue weighted by Crippen LogP contribution is 2.44. The minimum absolute atomic E-state index is 0.00170. The van der Waals surface area contributed by atoms with Gasteiger partial charge in [-0.25, -0.2) is 0 Å². The van der Waals surface area contributed by atoms with E-state index in [1.165, 1.54) is 12.8 Å². The maximum atomic E-state index is 9.23. The summed E-state index contributed by atoms with van der Waals surface area (Å²) in [5.74, 6) is 2.47. The number of hydrogen-bond donors (Lipinski definition) is 2. The molecule has 0 aromatic rings. The van der Waals surface area contributed by atoms with Crippen LogP contribution in [0.2, 0.25) is 0 Å². The van der Waals surface area contributed by atoms with Crippen LogP contribution in [-0.2, 0) is 0 Å². The van der Waals surface area contributed by atoms with Gasteiger partial charge in [0.2, 0.25) is 0 Å². The summed E-state index contributed by atoms with van der Waals surface area (Å²) >= 11 is 0. The summed E-state index contributed by atoms with van der Waals surface area (Å²) in [6, 6.07) is 0.575. The molecule has 2 N–H and O–H groups in total. The topological polar surface area (TPSA) is 32.3 Å². The Morgan fingerprint density at radius 2 is 2.12 bits per heavy atom. The molecule has 2 bridgehead atoms. The van der Waals surface area contributed by atoms with Crippen LogP contribution in [0, 0.1) is 23.2 Å². The van der Waals surface area contributed by atoms with Crippen molar-refractivity contribution in [1.82, 2.24) is 5.32 Å². The van der Waals surface area contributed by atoms with E-state index in [2.05, 4.69) is 38.2 Å². The molecule has 0 aromatic heterocycles. The molecule has 0 amide bonds. The molecule has 2 rings (SSSR count). The Hall–Kier alpha value is -0.340. The molecular formula is C14H25NO. The highest BCUT2D eigenvalue weighted by atomic mass is 16.3. The van der Waals surface area contributed by atoms with E-state index in [4.69, 9.17) is 0 Å². The number of rotatable bonds is 5. The average molecular weight is 223 g/mol. The van der Waals surface area contributed by atoms with Gasteiger partial charge in [-0.2, -0.15) is 0 Å². The molecule has 1 saturated carbocycles. The molecule has 0 spiro atoms. The molecule has 2 aliphatic rings. The van der Waals surface area contributed by atoms with Crippen molar-refractivity contribution in [2.24, 2.45) is 23.2 Å². The number of aliphatic hydroxyl groups is 1. The quantitative estimate of drug-likeness (QED) is 0.700. The van der Waals surface area contributed by atoms with E-state index >= 15 is 0 Å². The SMILES string of the molecule is CC(NCC(C)(C)CO)C1CC2C=CC1C2. The fourth-order valence-electron chi connectivity index (χ4n) is 3.04. The van der Waals surface area contributed by atoms with Crippen molar-refractivity contribution in [3.63, 3.8) is 0 Å². The first kappa shape index (κ1) is 12.1. The van der Waals surface area contributed by atoms with E-state index in [-0.39, 0.29) is 12.0 Å². The lowest BCUT2D eigenvalue weighted by atomic mass is 9.86. The lowest BCUT2D eigenvalue weighted by molar-refractivity contribution is 0.148. The summed E-state index contributed by atoms with van der Waals surface area (Å²) < 4.78 is 0. The van der Waals surface area contributed by atoms with Crippen LogP contribution in [-0.4, -0.2) is 24.3 Å². The van der Waals surface area contributed by atoms with Gasteiger partial charge in [-0.05, 0) is 37.5 Å². The summed E-state index contributed by atoms with van der Waals surface area (Å²) in [7, 11) is 0. The van der Waals surface area contributed by atoms with Crippen LogP contribution in [0.5, 0.6) is 0 Å².